The number of rotatable bonds is 9. The molecule has 0 bridgehead atoms. The zero-order valence-corrected chi connectivity index (χ0v) is 13.8. The predicted molar refractivity (Wildman–Crippen MR) is 76.2 cm³/mol. The van der Waals surface area contributed by atoms with Gasteiger partial charge in [-0.2, -0.15) is 0 Å². The minimum atomic E-state index is -2.82. The highest BCUT2D eigenvalue weighted by Gasteiger charge is 2.54. The number of imidazole rings is 1. The molecule has 0 aliphatic rings. The lowest BCUT2D eigenvalue weighted by Crippen LogP contribution is -2.69. The topological polar surface area (TPSA) is 36.5 Å². The monoisotopic (exact) mass is 287 g/mol. The van der Waals surface area contributed by atoms with E-state index in [1.54, 1.807) is 0 Å². The van der Waals surface area contributed by atoms with Gasteiger partial charge in [-0.3, -0.25) is 0 Å². The molecule has 6 heteroatoms. The lowest BCUT2D eigenvalue weighted by Gasteiger charge is -2.25. The van der Waals surface area contributed by atoms with Crippen LogP contribution < -0.4 is 10.0 Å². The highest BCUT2D eigenvalue weighted by atomic mass is 28.4. The molecule has 0 atom stereocenters. The molecular weight excluding hydrogens is 260 g/mol. The van der Waals surface area contributed by atoms with E-state index < -0.39 is 8.80 Å². The van der Waals surface area contributed by atoms with Gasteiger partial charge < -0.3 is 13.3 Å². The van der Waals surface area contributed by atoms with Crippen molar-refractivity contribution in [3.8, 4) is 0 Å². The molecular formula is C13H27N2O3Si+. The standard InChI is InChI=1S/C13H27N2O3Si/c1-6-10-15-12-11-14(5)13(15)19(16-7-2,17-8-3)18-9-4/h11-12H,6-10H2,1-5H3/q+1. The third-order valence-electron chi connectivity index (χ3n) is 2.82. The van der Waals surface area contributed by atoms with E-state index >= 15 is 0 Å². The Bertz CT molecular complexity index is 365. The van der Waals surface area contributed by atoms with Crippen molar-refractivity contribution in [2.75, 3.05) is 19.8 Å². The summed E-state index contributed by atoms with van der Waals surface area (Å²) in [5.74, 6) is 0. The molecule has 0 N–H and O–H groups in total. The Morgan fingerprint density at radius 2 is 1.58 bits per heavy atom. The number of hydrogen-bond acceptors (Lipinski definition) is 3. The minimum Gasteiger partial charge on any atom is -0.366 e. The van der Waals surface area contributed by atoms with Crippen molar-refractivity contribution in [3.05, 3.63) is 12.4 Å². The molecule has 0 amide bonds. The Balaban J connectivity index is 3.24. The average Bonchev–Trinajstić information content (AvgIpc) is 2.72. The van der Waals surface area contributed by atoms with Gasteiger partial charge in [0.2, 0.25) is 0 Å². The Kier molecular flexibility index (Phi) is 6.71. The summed E-state index contributed by atoms with van der Waals surface area (Å²) in [6.07, 6.45) is 5.16. The predicted octanol–water partition coefficient (Wildman–Crippen LogP) is 0.978. The Hall–Kier alpha value is -0.693. The van der Waals surface area contributed by atoms with Gasteiger partial charge in [-0.15, -0.1) is 0 Å². The van der Waals surface area contributed by atoms with Gasteiger partial charge in [-0.25, -0.2) is 9.13 Å². The number of aryl methyl sites for hydroxylation is 2. The molecule has 0 spiro atoms. The van der Waals surface area contributed by atoms with Gasteiger partial charge in [0.1, 0.15) is 12.4 Å². The molecule has 0 unspecified atom stereocenters. The molecule has 1 heterocycles. The van der Waals surface area contributed by atoms with Gasteiger partial charge in [0.05, 0.1) is 13.6 Å². The van der Waals surface area contributed by atoms with Crippen LogP contribution in [0.2, 0.25) is 0 Å². The fourth-order valence-corrected chi connectivity index (χ4v) is 5.05. The minimum absolute atomic E-state index is 0.587. The van der Waals surface area contributed by atoms with Crippen LogP contribution in [0.5, 0.6) is 0 Å². The van der Waals surface area contributed by atoms with Crippen molar-refractivity contribution in [2.24, 2.45) is 7.05 Å². The SMILES string of the molecule is CCCn1cc[n+](C)c1[Si](OCC)(OCC)OCC. The van der Waals surface area contributed by atoms with E-state index in [4.69, 9.17) is 13.3 Å². The van der Waals surface area contributed by atoms with E-state index in [9.17, 15) is 0 Å². The van der Waals surface area contributed by atoms with Crippen molar-refractivity contribution in [2.45, 2.75) is 40.7 Å². The van der Waals surface area contributed by atoms with E-state index in [0.29, 0.717) is 19.8 Å². The van der Waals surface area contributed by atoms with E-state index in [2.05, 4.69) is 22.3 Å². The summed E-state index contributed by atoms with van der Waals surface area (Å²) < 4.78 is 22.2. The summed E-state index contributed by atoms with van der Waals surface area (Å²) in [6, 6.07) is 0. The van der Waals surface area contributed by atoms with Crippen molar-refractivity contribution < 1.29 is 17.8 Å². The van der Waals surface area contributed by atoms with Crippen LogP contribution in [0.3, 0.4) is 0 Å². The molecule has 0 aliphatic carbocycles. The van der Waals surface area contributed by atoms with Crippen LogP contribution in [0, 0.1) is 0 Å². The average molecular weight is 287 g/mol. The molecule has 1 rings (SSSR count). The zero-order valence-electron chi connectivity index (χ0n) is 12.8. The quantitative estimate of drug-likeness (QED) is 0.502. The maximum absolute atomic E-state index is 5.98. The van der Waals surface area contributed by atoms with Gasteiger partial charge in [0, 0.05) is 19.8 Å². The Morgan fingerprint density at radius 3 is 2.00 bits per heavy atom. The highest BCUT2D eigenvalue weighted by Crippen LogP contribution is 2.09. The third kappa shape index (κ3) is 3.66. The smallest absolute Gasteiger partial charge is 0.366 e. The van der Waals surface area contributed by atoms with Crippen molar-refractivity contribution in [1.82, 2.24) is 4.57 Å². The molecule has 0 saturated heterocycles. The molecule has 0 fully saturated rings. The molecule has 19 heavy (non-hydrogen) atoms. The van der Waals surface area contributed by atoms with Crippen LogP contribution in [0.25, 0.3) is 0 Å². The van der Waals surface area contributed by atoms with Crippen molar-refractivity contribution in [3.63, 3.8) is 0 Å². The fourth-order valence-electron chi connectivity index (χ4n) is 2.23. The van der Waals surface area contributed by atoms with Gasteiger partial charge in [-0.05, 0) is 27.2 Å². The molecule has 0 radical (unpaired) electrons. The van der Waals surface area contributed by atoms with Crippen LogP contribution in [0.1, 0.15) is 34.1 Å². The molecule has 1 aromatic heterocycles. The van der Waals surface area contributed by atoms with E-state index in [-0.39, 0.29) is 0 Å². The number of nitrogens with zero attached hydrogens (tertiary/aromatic N) is 2. The Labute approximate surface area is 117 Å². The molecule has 0 aromatic carbocycles. The normalized spacial score (nSPS) is 12.1. The zero-order chi connectivity index (χ0) is 14.3. The van der Waals surface area contributed by atoms with E-state index in [1.807, 2.05) is 34.0 Å². The Morgan fingerprint density at radius 1 is 1.05 bits per heavy atom. The van der Waals surface area contributed by atoms with E-state index in [1.165, 1.54) is 0 Å². The second kappa shape index (κ2) is 7.79. The van der Waals surface area contributed by atoms with Crippen LogP contribution in [0.4, 0.5) is 0 Å². The molecule has 0 saturated carbocycles. The van der Waals surface area contributed by atoms with Gasteiger partial charge in [0.25, 0.3) is 0 Å². The van der Waals surface area contributed by atoms with Gasteiger partial charge >= 0.3 is 14.3 Å². The van der Waals surface area contributed by atoms with E-state index in [0.717, 1.165) is 18.4 Å². The van der Waals surface area contributed by atoms with Gasteiger partial charge in [-0.1, -0.05) is 6.92 Å². The summed E-state index contributed by atoms with van der Waals surface area (Å²) in [6.45, 7) is 10.8. The lowest BCUT2D eigenvalue weighted by atomic mass is 10.5. The first kappa shape index (κ1) is 16.4. The van der Waals surface area contributed by atoms with Crippen molar-refractivity contribution >= 4 is 14.3 Å². The number of aromatic nitrogens is 2. The summed E-state index contributed by atoms with van der Waals surface area (Å²) in [4.78, 5) is 0. The molecule has 5 nitrogen and oxygen atoms in total. The first-order chi connectivity index (χ1) is 9.15. The van der Waals surface area contributed by atoms with Crippen LogP contribution in [-0.4, -0.2) is 33.2 Å². The highest BCUT2D eigenvalue weighted by molar-refractivity contribution is 6.73. The maximum atomic E-state index is 5.98. The second-order valence-corrected chi connectivity index (χ2v) is 6.71. The molecule has 110 valence electrons. The van der Waals surface area contributed by atoms with Crippen molar-refractivity contribution in [1.29, 1.82) is 0 Å². The summed E-state index contributed by atoms with van der Waals surface area (Å²) in [5.41, 5.74) is 1.03. The van der Waals surface area contributed by atoms with Gasteiger partial charge in [0.15, 0.2) is 0 Å². The molecule has 0 aliphatic heterocycles. The summed E-state index contributed by atoms with van der Waals surface area (Å²) in [7, 11) is -0.806. The van der Waals surface area contributed by atoms with Crippen LogP contribution in [0.15, 0.2) is 12.4 Å². The fraction of sp³-hybridized carbons (Fsp3) is 0.769. The third-order valence-corrected chi connectivity index (χ3v) is 6.01. The maximum Gasteiger partial charge on any atom is 0.626 e. The largest absolute Gasteiger partial charge is 0.626 e. The number of hydrogen-bond donors (Lipinski definition) is 0. The van der Waals surface area contributed by atoms with Crippen LogP contribution >= 0.6 is 0 Å². The summed E-state index contributed by atoms with van der Waals surface area (Å²) in [5, 5.41) is 0. The molecule has 1 aromatic rings. The first-order valence-corrected chi connectivity index (χ1v) is 8.84. The summed E-state index contributed by atoms with van der Waals surface area (Å²) >= 11 is 0. The van der Waals surface area contributed by atoms with Crippen LogP contribution in [-0.2, 0) is 26.9 Å². The second-order valence-electron chi connectivity index (χ2n) is 4.28. The first-order valence-electron chi connectivity index (χ1n) is 7.12. The lowest BCUT2D eigenvalue weighted by molar-refractivity contribution is -0.655.